The molecule has 0 spiro atoms. The number of aryl methyl sites for hydroxylation is 1. The van der Waals surface area contributed by atoms with E-state index >= 15 is 0 Å². The van der Waals surface area contributed by atoms with Gasteiger partial charge in [-0.15, -0.1) is 0 Å². The number of nitrogens with two attached hydrogens (primary N) is 1. The first-order chi connectivity index (χ1) is 9.27. The first-order valence-electron chi connectivity index (χ1n) is 7.16. The highest BCUT2D eigenvalue weighted by molar-refractivity contribution is 6.01. The van der Waals surface area contributed by atoms with Gasteiger partial charge in [-0.3, -0.25) is 0 Å². The van der Waals surface area contributed by atoms with Crippen molar-refractivity contribution in [1.82, 2.24) is 4.98 Å². The van der Waals surface area contributed by atoms with Crippen molar-refractivity contribution in [2.45, 2.75) is 32.6 Å². The number of aromatic nitrogens is 1. The van der Waals surface area contributed by atoms with Crippen LogP contribution in [0.2, 0.25) is 0 Å². The number of fused-ring (bicyclic) bond motifs is 1. The lowest BCUT2D eigenvalue weighted by Crippen LogP contribution is -2.25. The van der Waals surface area contributed by atoms with Gasteiger partial charge in [0.15, 0.2) is 0 Å². The molecule has 0 atom stereocenters. The van der Waals surface area contributed by atoms with Crippen molar-refractivity contribution >= 4 is 22.3 Å². The zero-order valence-electron chi connectivity index (χ0n) is 11.5. The van der Waals surface area contributed by atoms with E-state index < -0.39 is 0 Å². The predicted molar refractivity (Wildman–Crippen MR) is 81.6 cm³/mol. The summed E-state index contributed by atoms with van der Waals surface area (Å²) in [5, 5.41) is 2.36. The molecule has 0 amide bonds. The Balaban J connectivity index is 2.13. The molecule has 0 saturated carbocycles. The Morgan fingerprint density at radius 1 is 1.11 bits per heavy atom. The van der Waals surface area contributed by atoms with Gasteiger partial charge in [-0.1, -0.05) is 25.0 Å². The zero-order chi connectivity index (χ0) is 13.2. The van der Waals surface area contributed by atoms with Crippen molar-refractivity contribution in [1.29, 1.82) is 0 Å². The van der Waals surface area contributed by atoms with Gasteiger partial charge in [-0.25, -0.2) is 4.98 Å². The number of hydrogen-bond acceptors (Lipinski definition) is 3. The van der Waals surface area contributed by atoms with Crippen LogP contribution >= 0.6 is 0 Å². The van der Waals surface area contributed by atoms with Crippen LogP contribution in [0.25, 0.3) is 10.8 Å². The lowest BCUT2D eigenvalue weighted by Gasteiger charge is -2.23. The first-order valence-corrected chi connectivity index (χ1v) is 7.16. The summed E-state index contributed by atoms with van der Waals surface area (Å²) in [6.45, 7) is 4.30. The van der Waals surface area contributed by atoms with Crippen LogP contribution in [0, 0.1) is 6.92 Å². The molecule has 3 heteroatoms. The molecule has 0 aliphatic carbocycles. The summed E-state index contributed by atoms with van der Waals surface area (Å²) in [4.78, 5) is 7.11. The zero-order valence-corrected chi connectivity index (χ0v) is 11.5. The number of nitrogens with zero attached hydrogens (tertiary/aromatic N) is 2. The molecule has 3 rings (SSSR count). The molecule has 3 nitrogen and oxygen atoms in total. The van der Waals surface area contributed by atoms with Crippen molar-refractivity contribution in [2.24, 2.45) is 0 Å². The lowest BCUT2D eigenvalue weighted by molar-refractivity contribution is 0.726. The van der Waals surface area contributed by atoms with E-state index in [4.69, 9.17) is 5.73 Å². The molecule has 2 aromatic rings. The fourth-order valence-electron chi connectivity index (χ4n) is 3.02. The molecule has 1 aromatic heterocycles. The molecule has 0 bridgehead atoms. The fraction of sp³-hybridized carbons (Fsp3) is 0.438. The molecule has 2 N–H and O–H groups in total. The summed E-state index contributed by atoms with van der Waals surface area (Å²) >= 11 is 0. The molecule has 0 unspecified atom stereocenters. The van der Waals surface area contributed by atoms with Crippen molar-refractivity contribution in [3.63, 3.8) is 0 Å². The van der Waals surface area contributed by atoms with E-state index in [1.807, 2.05) is 18.3 Å². The fourth-order valence-corrected chi connectivity index (χ4v) is 3.02. The van der Waals surface area contributed by atoms with Gasteiger partial charge >= 0.3 is 0 Å². The number of rotatable bonds is 1. The molecule has 1 aromatic carbocycles. The van der Waals surface area contributed by atoms with Gasteiger partial charge in [-0.2, -0.15) is 0 Å². The Kier molecular flexibility index (Phi) is 3.28. The maximum atomic E-state index is 6.14. The molecule has 1 aliphatic rings. The monoisotopic (exact) mass is 255 g/mol. The quantitative estimate of drug-likeness (QED) is 0.793. The summed E-state index contributed by atoms with van der Waals surface area (Å²) in [5.41, 5.74) is 8.15. The van der Waals surface area contributed by atoms with Gasteiger partial charge in [0.1, 0.15) is 5.82 Å². The summed E-state index contributed by atoms with van der Waals surface area (Å²) in [7, 11) is 0. The highest BCUT2D eigenvalue weighted by Crippen LogP contribution is 2.31. The molecule has 1 fully saturated rings. The number of benzene rings is 1. The summed E-state index contributed by atoms with van der Waals surface area (Å²) in [6.07, 6.45) is 7.16. The van der Waals surface area contributed by atoms with Gasteiger partial charge in [-0.05, 0) is 31.4 Å². The summed E-state index contributed by atoms with van der Waals surface area (Å²) in [5.74, 6) is 1.11. The maximum absolute atomic E-state index is 6.14. The normalized spacial score (nSPS) is 16.6. The standard InChI is InChI=1S/C16H21N3/c1-12-11-18-16(19-9-4-2-3-5-10-19)13-7-6-8-14(17)15(12)13/h6-8,11H,2-5,9-10,17H2,1H3. The summed E-state index contributed by atoms with van der Waals surface area (Å²) in [6, 6.07) is 6.15. The van der Waals surface area contributed by atoms with Crippen molar-refractivity contribution in [3.8, 4) is 0 Å². The van der Waals surface area contributed by atoms with E-state index in [1.54, 1.807) is 0 Å². The minimum absolute atomic E-state index is 0.855. The van der Waals surface area contributed by atoms with Gasteiger partial charge in [0, 0.05) is 35.7 Å². The molecule has 2 heterocycles. The molecule has 0 radical (unpaired) electrons. The second-order valence-corrected chi connectivity index (χ2v) is 5.44. The molecular weight excluding hydrogens is 234 g/mol. The van der Waals surface area contributed by atoms with E-state index in [-0.39, 0.29) is 0 Å². The second-order valence-electron chi connectivity index (χ2n) is 5.44. The third-order valence-corrected chi connectivity index (χ3v) is 4.02. The van der Waals surface area contributed by atoms with Crippen LogP contribution in [0.3, 0.4) is 0 Å². The van der Waals surface area contributed by atoms with Gasteiger partial charge in [0.2, 0.25) is 0 Å². The molecule has 100 valence electrons. The van der Waals surface area contributed by atoms with Crippen LogP contribution in [0.4, 0.5) is 11.5 Å². The van der Waals surface area contributed by atoms with Crippen LogP contribution in [0.1, 0.15) is 31.2 Å². The largest absolute Gasteiger partial charge is 0.398 e. The highest BCUT2D eigenvalue weighted by atomic mass is 15.2. The Morgan fingerprint density at radius 3 is 2.58 bits per heavy atom. The van der Waals surface area contributed by atoms with E-state index in [0.29, 0.717) is 0 Å². The van der Waals surface area contributed by atoms with Gasteiger partial charge in [0.25, 0.3) is 0 Å². The molecular formula is C16H21N3. The number of hydrogen-bond donors (Lipinski definition) is 1. The van der Waals surface area contributed by atoms with Crippen LogP contribution in [0.5, 0.6) is 0 Å². The lowest BCUT2D eigenvalue weighted by atomic mass is 10.1. The van der Waals surface area contributed by atoms with Crippen molar-refractivity contribution in [2.75, 3.05) is 23.7 Å². The number of nitrogen functional groups attached to an aromatic ring is 1. The Hall–Kier alpha value is -1.77. The average Bonchev–Trinajstić information content (AvgIpc) is 2.68. The third kappa shape index (κ3) is 2.25. The minimum atomic E-state index is 0.855. The highest BCUT2D eigenvalue weighted by Gasteiger charge is 2.15. The topological polar surface area (TPSA) is 42.2 Å². The Morgan fingerprint density at radius 2 is 1.84 bits per heavy atom. The van der Waals surface area contributed by atoms with Crippen LogP contribution in [-0.4, -0.2) is 18.1 Å². The van der Waals surface area contributed by atoms with E-state index in [9.17, 15) is 0 Å². The third-order valence-electron chi connectivity index (χ3n) is 4.02. The van der Waals surface area contributed by atoms with Crippen LogP contribution in [-0.2, 0) is 0 Å². The molecule has 19 heavy (non-hydrogen) atoms. The smallest absolute Gasteiger partial charge is 0.136 e. The summed E-state index contributed by atoms with van der Waals surface area (Å²) < 4.78 is 0. The average molecular weight is 255 g/mol. The minimum Gasteiger partial charge on any atom is -0.398 e. The van der Waals surface area contributed by atoms with Crippen LogP contribution < -0.4 is 10.6 Å². The Labute approximate surface area is 114 Å². The van der Waals surface area contributed by atoms with Crippen molar-refractivity contribution in [3.05, 3.63) is 30.0 Å². The Bertz CT molecular complexity index is 576. The van der Waals surface area contributed by atoms with Gasteiger partial charge in [0.05, 0.1) is 0 Å². The number of pyridine rings is 1. The predicted octanol–water partition coefficient (Wildman–Crippen LogP) is 3.51. The molecule has 1 aliphatic heterocycles. The number of anilines is 2. The van der Waals surface area contributed by atoms with Crippen molar-refractivity contribution < 1.29 is 0 Å². The SMILES string of the molecule is Cc1cnc(N2CCCCCC2)c2cccc(N)c12. The van der Waals surface area contributed by atoms with E-state index in [2.05, 4.69) is 22.9 Å². The molecule has 1 saturated heterocycles. The van der Waals surface area contributed by atoms with Gasteiger partial charge < -0.3 is 10.6 Å². The van der Waals surface area contributed by atoms with E-state index in [1.165, 1.54) is 31.1 Å². The van der Waals surface area contributed by atoms with E-state index in [0.717, 1.165) is 35.5 Å². The second kappa shape index (κ2) is 5.08. The van der Waals surface area contributed by atoms with Crippen LogP contribution in [0.15, 0.2) is 24.4 Å². The first kappa shape index (κ1) is 12.3. The maximum Gasteiger partial charge on any atom is 0.136 e.